The molecule has 4 nitrogen and oxygen atoms in total. The van der Waals surface area contributed by atoms with Crippen LogP contribution in [0, 0.1) is 0 Å². The summed E-state index contributed by atoms with van der Waals surface area (Å²) in [5, 5.41) is 18.6. The molecule has 2 rings (SSSR count). The van der Waals surface area contributed by atoms with E-state index in [9.17, 15) is 5.11 Å². The molecule has 1 aliphatic rings. The molecule has 0 aromatic carbocycles. The summed E-state index contributed by atoms with van der Waals surface area (Å²) >= 11 is 3.34. The molecule has 14 heavy (non-hydrogen) atoms. The number of halogens is 1. The van der Waals surface area contributed by atoms with Crippen molar-refractivity contribution in [1.82, 2.24) is 9.55 Å². The summed E-state index contributed by atoms with van der Waals surface area (Å²) in [6.45, 7) is 0.985. The highest BCUT2D eigenvalue weighted by Gasteiger charge is 2.24. The van der Waals surface area contributed by atoms with Gasteiger partial charge in [0.2, 0.25) is 0 Å². The van der Waals surface area contributed by atoms with Gasteiger partial charge in [-0.2, -0.15) is 0 Å². The maximum absolute atomic E-state index is 9.77. The molecule has 0 saturated heterocycles. The Balaban J connectivity index is 2.41. The van der Waals surface area contributed by atoms with Crippen LogP contribution in [0.15, 0.2) is 4.60 Å². The van der Waals surface area contributed by atoms with E-state index in [0.29, 0.717) is 11.0 Å². The van der Waals surface area contributed by atoms with E-state index >= 15 is 0 Å². The van der Waals surface area contributed by atoms with Crippen molar-refractivity contribution in [2.24, 2.45) is 0 Å². The van der Waals surface area contributed by atoms with Crippen molar-refractivity contribution in [1.29, 1.82) is 0 Å². The molecule has 0 amide bonds. The fourth-order valence-electron chi connectivity index (χ4n) is 1.92. The standard InChI is InChI=1S/C9H13BrN2O2/c10-9-8-6(14)2-1-4-12(8)7(11-9)3-5-13/h6,13-14H,1-5H2. The smallest absolute Gasteiger partial charge is 0.130 e. The van der Waals surface area contributed by atoms with Crippen molar-refractivity contribution >= 4 is 15.9 Å². The molecule has 0 spiro atoms. The second-order valence-corrected chi connectivity index (χ2v) is 4.24. The van der Waals surface area contributed by atoms with Crippen LogP contribution in [0.25, 0.3) is 0 Å². The molecule has 78 valence electrons. The minimum Gasteiger partial charge on any atom is -0.396 e. The number of fused-ring (bicyclic) bond motifs is 1. The SMILES string of the molecule is OCCc1nc(Br)c2n1CCCC2O. The minimum absolute atomic E-state index is 0.0962. The molecule has 0 aliphatic carbocycles. The number of hydrogen-bond acceptors (Lipinski definition) is 3. The predicted octanol–water partition coefficient (Wildman–Crippen LogP) is 1.01. The van der Waals surface area contributed by atoms with Crippen LogP contribution in [-0.2, 0) is 13.0 Å². The lowest BCUT2D eigenvalue weighted by Gasteiger charge is -2.21. The number of aliphatic hydroxyl groups excluding tert-OH is 2. The third kappa shape index (κ3) is 1.60. The Labute approximate surface area is 90.7 Å². The topological polar surface area (TPSA) is 58.3 Å². The molecule has 1 atom stereocenters. The Morgan fingerprint density at radius 3 is 3.07 bits per heavy atom. The summed E-state index contributed by atoms with van der Waals surface area (Å²) in [7, 11) is 0. The van der Waals surface area contributed by atoms with Gasteiger partial charge in [-0.15, -0.1) is 0 Å². The van der Waals surface area contributed by atoms with Gasteiger partial charge < -0.3 is 14.8 Å². The number of aromatic nitrogens is 2. The van der Waals surface area contributed by atoms with Gasteiger partial charge in [0.25, 0.3) is 0 Å². The van der Waals surface area contributed by atoms with Gasteiger partial charge in [0.15, 0.2) is 0 Å². The van der Waals surface area contributed by atoms with Crippen LogP contribution in [0.1, 0.15) is 30.5 Å². The van der Waals surface area contributed by atoms with Gasteiger partial charge in [-0.05, 0) is 28.8 Å². The number of imidazole rings is 1. The van der Waals surface area contributed by atoms with E-state index in [2.05, 4.69) is 20.9 Å². The van der Waals surface area contributed by atoms with E-state index in [0.717, 1.165) is 30.9 Å². The summed E-state index contributed by atoms with van der Waals surface area (Å²) < 4.78 is 2.72. The third-order valence-electron chi connectivity index (χ3n) is 2.55. The summed E-state index contributed by atoms with van der Waals surface area (Å²) in [5.74, 6) is 0.855. The fraction of sp³-hybridized carbons (Fsp3) is 0.667. The first kappa shape index (κ1) is 10.1. The zero-order valence-corrected chi connectivity index (χ0v) is 9.37. The van der Waals surface area contributed by atoms with E-state index in [1.54, 1.807) is 0 Å². The lowest BCUT2D eigenvalue weighted by Crippen LogP contribution is -2.17. The van der Waals surface area contributed by atoms with Crippen LogP contribution in [0.3, 0.4) is 0 Å². The molecule has 0 bridgehead atoms. The van der Waals surface area contributed by atoms with Crippen molar-refractivity contribution in [3.05, 3.63) is 16.1 Å². The van der Waals surface area contributed by atoms with Crippen molar-refractivity contribution < 1.29 is 10.2 Å². The monoisotopic (exact) mass is 260 g/mol. The van der Waals surface area contributed by atoms with E-state index in [1.165, 1.54) is 0 Å². The molecule has 1 aliphatic heterocycles. The van der Waals surface area contributed by atoms with Crippen molar-refractivity contribution in [3.8, 4) is 0 Å². The van der Waals surface area contributed by atoms with Gasteiger partial charge in [-0.1, -0.05) is 0 Å². The zero-order chi connectivity index (χ0) is 10.1. The Morgan fingerprint density at radius 2 is 2.36 bits per heavy atom. The Kier molecular flexibility index (Phi) is 2.90. The highest BCUT2D eigenvalue weighted by atomic mass is 79.9. The van der Waals surface area contributed by atoms with Gasteiger partial charge >= 0.3 is 0 Å². The Hall–Kier alpha value is -0.390. The quantitative estimate of drug-likeness (QED) is 0.835. The van der Waals surface area contributed by atoms with Crippen LogP contribution in [0.4, 0.5) is 0 Å². The lowest BCUT2D eigenvalue weighted by molar-refractivity contribution is 0.137. The highest BCUT2D eigenvalue weighted by Crippen LogP contribution is 2.31. The summed E-state index contributed by atoms with van der Waals surface area (Å²) in [4.78, 5) is 4.29. The largest absolute Gasteiger partial charge is 0.396 e. The second kappa shape index (κ2) is 4.00. The Morgan fingerprint density at radius 1 is 1.57 bits per heavy atom. The normalized spacial score (nSPS) is 20.9. The van der Waals surface area contributed by atoms with Gasteiger partial charge in [-0.3, -0.25) is 0 Å². The molecule has 2 N–H and O–H groups in total. The lowest BCUT2D eigenvalue weighted by atomic mass is 10.1. The molecule has 1 aromatic rings. The number of aliphatic hydroxyl groups is 2. The van der Waals surface area contributed by atoms with Gasteiger partial charge in [0.05, 0.1) is 18.4 Å². The molecule has 0 fully saturated rings. The van der Waals surface area contributed by atoms with Crippen LogP contribution in [0.2, 0.25) is 0 Å². The summed E-state index contributed by atoms with van der Waals surface area (Å²) in [6, 6.07) is 0. The first-order valence-corrected chi connectivity index (χ1v) is 5.57. The second-order valence-electron chi connectivity index (χ2n) is 3.49. The summed E-state index contributed by atoms with van der Waals surface area (Å²) in [5.41, 5.74) is 0.861. The van der Waals surface area contributed by atoms with Gasteiger partial charge in [-0.25, -0.2) is 4.98 Å². The number of rotatable bonds is 2. The molecule has 0 saturated carbocycles. The van der Waals surface area contributed by atoms with Gasteiger partial charge in [0, 0.05) is 13.0 Å². The van der Waals surface area contributed by atoms with E-state index in [1.807, 2.05) is 4.57 Å². The van der Waals surface area contributed by atoms with Crippen LogP contribution >= 0.6 is 15.9 Å². The molecule has 1 aromatic heterocycles. The molecule has 0 radical (unpaired) electrons. The van der Waals surface area contributed by atoms with Gasteiger partial charge in [0.1, 0.15) is 10.4 Å². The molecular weight excluding hydrogens is 248 g/mol. The van der Waals surface area contributed by atoms with Crippen molar-refractivity contribution in [2.75, 3.05) is 6.61 Å². The first-order valence-electron chi connectivity index (χ1n) is 4.77. The van der Waals surface area contributed by atoms with E-state index < -0.39 is 6.10 Å². The van der Waals surface area contributed by atoms with Crippen molar-refractivity contribution in [3.63, 3.8) is 0 Å². The molecule has 1 unspecified atom stereocenters. The maximum Gasteiger partial charge on any atom is 0.130 e. The highest BCUT2D eigenvalue weighted by molar-refractivity contribution is 9.10. The molecular formula is C9H13BrN2O2. The average molecular weight is 261 g/mol. The number of hydrogen-bond donors (Lipinski definition) is 2. The summed E-state index contributed by atoms with van der Waals surface area (Å²) in [6.07, 6.45) is 1.89. The van der Waals surface area contributed by atoms with E-state index in [4.69, 9.17) is 5.11 Å². The Bertz CT molecular complexity index is 338. The minimum atomic E-state index is -0.418. The van der Waals surface area contributed by atoms with Crippen LogP contribution < -0.4 is 0 Å². The molecule has 5 heteroatoms. The van der Waals surface area contributed by atoms with Crippen LogP contribution in [-0.4, -0.2) is 26.4 Å². The van der Waals surface area contributed by atoms with E-state index in [-0.39, 0.29) is 6.61 Å². The fourth-order valence-corrected chi connectivity index (χ4v) is 2.60. The average Bonchev–Trinajstić information content (AvgIpc) is 2.46. The van der Waals surface area contributed by atoms with Crippen molar-refractivity contribution in [2.45, 2.75) is 31.9 Å². The third-order valence-corrected chi connectivity index (χ3v) is 3.13. The zero-order valence-electron chi connectivity index (χ0n) is 7.78. The molecule has 2 heterocycles. The van der Waals surface area contributed by atoms with Crippen LogP contribution in [0.5, 0.6) is 0 Å². The first-order chi connectivity index (χ1) is 6.74. The maximum atomic E-state index is 9.77. The number of nitrogens with zero attached hydrogens (tertiary/aromatic N) is 2. The predicted molar refractivity (Wildman–Crippen MR) is 54.9 cm³/mol.